The highest BCUT2D eigenvalue weighted by Crippen LogP contribution is 2.27. The van der Waals surface area contributed by atoms with Crippen LogP contribution in [0.1, 0.15) is 5.56 Å². The summed E-state index contributed by atoms with van der Waals surface area (Å²) in [6.45, 7) is 3.98. The van der Waals surface area contributed by atoms with Gasteiger partial charge in [0.1, 0.15) is 5.71 Å². The van der Waals surface area contributed by atoms with Crippen molar-refractivity contribution in [1.82, 2.24) is 15.1 Å². The van der Waals surface area contributed by atoms with E-state index in [4.69, 9.17) is 0 Å². The van der Waals surface area contributed by atoms with E-state index in [0.717, 1.165) is 31.8 Å². The minimum absolute atomic E-state index is 0.0976. The first-order valence-electron chi connectivity index (χ1n) is 9.65. The molecule has 4 rings (SSSR count). The van der Waals surface area contributed by atoms with Gasteiger partial charge in [-0.05, 0) is 18.7 Å². The number of benzene rings is 1. The van der Waals surface area contributed by atoms with Gasteiger partial charge in [0, 0.05) is 38.8 Å². The summed E-state index contributed by atoms with van der Waals surface area (Å²) in [6.07, 6.45) is 2.05. The van der Waals surface area contributed by atoms with Crippen molar-refractivity contribution in [3.63, 3.8) is 0 Å². The van der Waals surface area contributed by atoms with Crippen LogP contribution < -0.4 is 5.32 Å². The van der Waals surface area contributed by atoms with Gasteiger partial charge in [-0.1, -0.05) is 30.3 Å². The van der Waals surface area contributed by atoms with E-state index in [2.05, 4.69) is 37.5 Å². The number of hydrogen-bond acceptors (Lipinski definition) is 5. The molecule has 1 saturated heterocycles. The van der Waals surface area contributed by atoms with E-state index in [-0.39, 0.29) is 17.5 Å². The zero-order valence-electron chi connectivity index (χ0n) is 16.2. The molecule has 2 atom stereocenters. The number of rotatable bonds is 4. The normalized spacial score (nSPS) is 25.3. The van der Waals surface area contributed by atoms with Gasteiger partial charge in [-0.25, -0.2) is 8.78 Å². The predicted molar refractivity (Wildman–Crippen MR) is 108 cm³/mol. The summed E-state index contributed by atoms with van der Waals surface area (Å²) in [4.78, 5) is 17.3. The molecule has 0 radical (unpaired) electrons. The van der Waals surface area contributed by atoms with Crippen LogP contribution in [0.3, 0.4) is 0 Å². The Hall–Kier alpha value is -2.71. The van der Waals surface area contributed by atoms with Gasteiger partial charge < -0.3 is 10.2 Å². The fraction of sp³-hybridized carbons (Fsp3) is 0.381. The van der Waals surface area contributed by atoms with Gasteiger partial charge >= 0.3 is 0 Å². The Bertz CT molecular complexity index is 909. The first-order valence-corrected chi connectivity index (χ1v) is 9.65. The Labute approximate surface area is 168 Å². The molecule has 152 valence electrons. The topological polar surface area (TPSA) is 60.3 Å². The number of hydrogen-bond donors (Lipinski definition) is 1. The number of halogens is 2. The quantitative estimate of drug-likeness (QED) is 0.843. The molecule has 1 aromatic rings. The van der Waals surface area contributed by atoms with E-state index in [9.17, 15) is 13.6 Å². The molecule has 0 bridgehead atoms. The smallest absolute Gasteiger partial charge is 0.268 e. The summed E-state index contributed by atoms with van der Waals surface area (Å²) >= 11 is 0. The molecule has 8 heteroatoms. The molecule has 2 aliphatic heterocycles. The van der Waals surface area contributed by atoms with E-state index in [0.29, 0.717) is 13.1 Å². The summed E-state index contributed by atoms with van der Waals surface area (Å²) in [5.41, 5.74) is 1.56. The van der Waals surface area contributed by atoms with Gasteiger partial charge in [0.25, 0.3) is 5.91 Å². The molecule has 3 aliphatic rings. The second-order valence-electron chi connectivity index (χ2n) is 7.65. The first-order chi connectivity index (χ1) is 14.0. The van der Waals surface area contributed by atoms with E-state index < -0.39 is 23.5 Å². The number of likely N-dealkylation sites (N-methyl/N-ethyl adjacent to an activating group) is 1. The lowest BCUT2D eigenvalue weighted by molar-refractivity contribution is -0.115. The van der Waals surface area contributed by atoms with Crippen molar-refractivity contribution in [3.8, 4) is 0 Å². The number of nitrogens with zero attached hydrogens (tertiary/aromatic N) is 4. The van der Waals surface area contributed by atoms with Crippen LogP contribution in [0.2, 0.25) is 0 Å². The van der Waals surface area contributed by atoms with Crippen LogP contribution in [0.25, 0.3) is 0 Å². The standard InChI is InChI=1S/C21H23F2N5O/c1-27-7-8-28(11-14-5-3-2-4-6-14)13-15(12-27)24-21(29)20-16-9-17(22)18(23)10-19(16)25-26-20/h2-6,9-10,15-16H,7-8,11-13H2,1H3,(H,24,29). The largest absolute Gasteiger partial charge is 0.346 e. The Morgan fingerprint density at radius 3 is 2.72 bits per heavy atom. The summed E-state index contributed by atoms with van der Waals surface area (Å²) in [5, 5.41) is 10.7. The molecular formula is C21H23F2N5O. The number of allylic oxidation sites excluding steroid dienone is 4. The highest BCUT2D eigenvalue weighted by Gasteiger charge is 2.35. The summed E-state index contributed by atoms with van der Waals surface area (Å²) in [7, 11) is 2.02. The SMILES string of the molecule is CN1CCN(Cc2ccccc2)CC(NC(=O)C2=NN=C3C=C(F)C(F)=CC32)C1. The maximum absolute atomic E-state index is 13.6. The summed E-state index contributed by atoms with van der Waals surface area (Å²) in [5.74, 6) is -3.11. The first kappa shape index (κ1) is 19.6. The fourth-order valence-corrected chi connectivity index (χ4v) is 3.85. The lowest BCUT2D eigenvalue weighted by atomic mass is 9.92. The minimum Gasteiger partial charge on any atom is -0.346 e. The van der Waals surface area contributed by atoms with Gasteiger partial charge in [-0.15, -0.1) is 5.10 Å². The van der Waals surface area contributed by atoms with E-state index >= 15 is 0 Å². The molecule has 2 heterocycles. The van der Waals surface area contributed by atoms with E-state index in [1.54, 1.807) is 0 Å². The van der Waals surface area contributed by atoms with Crippen LogP contribution in [0.4, 0.5) is 8.78 Å². The zero-order chi connectivity index (χ0) is 20.4. The van der Waals surface area contributed by atoms with Crippen molar-refractivity contribution in [1.29, 1.82) is 0 Å². The van der Waals surface area contributed by atoms with Gasteiger partial charge in [0.2, 0.25) is 0 Å². The lowest BCUT2D eigenvalue weighted by Crippen LogP contribution is -2.49. The number of nitrogens with one attached hydrogen (secondary N) is 1. The molecule has 2 unspecified atom stereocenters. The van der Waals surface area contributed by atoms with Crippen molar-refractivity contribution in [2.24, 2.45) is 16.1 Å². The van der Waals surface area contributed by atoms with Crippen LogP contribution in [-0.4, -0.2) is 66.4 Å². The Morgan fingerprint density at radius 1 is 1.14 bits per heavy atom. The average molecular weight is 399 g/mol. The maximum atomic E-state index is 13.6. The van der Waals surface area contributed by atoms with Gasteiger partial charge in [-0.3, -0.25) is 9.69 Å². The highest BCUT2D eigenvalue weighted by atomic mass is 19.2. The van der Waals surface area contributed by atoms with E-state index in [1.807, 2.05) is 25.2 Å². The van der Waals surface area contributed by atoms with Crippen LogP contribution in [-0.2, 0) is 11.3 Å². The third kappa shape index (κ3) is 4.49. The predicted octanol–water partition coefficient (Wildman–Crippen LogP) is 2.07. The second-order valence-corrected chi connectivity index (χ2v) is 7.65. The fourth-order valence-electron chi connectivity index (χ4n) is 3.85. The third-order valence-electron chi connectivity index (χ3n) is 5.33. The number of carbonyl (C=O) groups is 1. The van der Waals surface area contributed by atoms with Gasteiger partial charge in [0.05, 0.1) is 17.7 Å². The van der Waals surface area contributed by atoms with Crippen molar-refractivity contribution < 1.29 is 13.6 Å². The Kier molecular flexibility index (Phi) is 5.64. The molecular weight excluding hydrogens is 376 g/mol. The molecule has 6 nitrogen and oxygen atoms in total. The van der Waals surface area contributed by atoms with Gasteiger partial charge in [-0.2, -0.15) is 5.10 Å². The Balaban J connectivity index is 1.42. The molecule has 0 aromatic heterocycles. The van der Waals surface area contributed by atoms with Crippen LogP contribution in [0.15, 0.2) is 64.3 Å². The molecule has 1 fully saturated rings. The molecule has 1 aliphatic carbocycles. The number of carbonyl (C=O) groups excluding carboxylic acids is 1. The number of amides is 1. The van der Waals surface area contributed by atoms with Crippen LogP contribution >= 0.6 is 0 Å². The van der Waals surface area contributed by atoms with Crippen molar-refractivity contribution in [2.45, 2.75) is 12.6 Å². The lowest BCUT2D eigenvalue weighted by Gasteiger charge is -2.25. The Morgan fingerprint density at radius 2 is 1.93 bits per heavy atom. The molecule has 0 saturated carbocycles. The van der Waals surface area contributed by atoms with Crippen LogP contribution in [0.5, 0.6) is 0 Å². The summed E-state index contributed by atoms with van der Waals surface area (Å²) in [6, 6.07) is 10.1. The average Bonchev–Trinajstić information content (AvgIpc) is 3.01. The van der Waals surface area contributed by atoms with Crippen molar-refractivity contribution >= 4 is 17.3 Å². The second kappa shape index (κ2) is 8.34. The number of fused-ring (bicyclic) bond motifs is 1. The van der Waals surface area contributed by atoms with Gasteiger partial charge in [0.15, 0.2) is 11.7 Å². The zero-order valence-corrected chi connectivity index (χ0v) is 16.2. The minimum atomic E-state index is -0.987. The monoisotopic (exact) mass is 399 g/mol. The van der Waals surface area contributed by atoms with Crippen LogP contribution in [0, 0.1) is 5.92 Å². The highest BCUT2D eigenvalue weighted by molar-refractivity contribution is 6.46. The molecule has 1 N–H and O–H groups in total. The molecule has 29 heavy (non-hydrogen) atoms. The molecule has 1 amide bonds. The van der Waals surface area contributed by atoms with Crippen molar-refractivity contribution in [2.75, 3.05) is 33.2 Å². The van der Waals surface area contributed by atoms with Crippen molar-refractivity contribution in [3.05, 3.63) is 59.7 Å². The molecule has 0 spiro atoms. The third-order valence-corrected chi connectivity index (χ3v) is 5.33. The summed E-state index contributed by atoms with van der Waals surface area (Å²) < 4.78 is 27.0. The molecule has 1 aromatic carbocycles. The van der Waals surface area contributed by atoms with E-state index in [1.165, 1.54) is 5.56 Å². The maximum Gasteiger partial charge on any atom is 0.268 e.